The Morgan fingerprint density at radius 2 is 1.17 bits per heavy atom. The molecule has 2 bridgehead atoms. The highest BCUT2D eigenvalue weighted by molar-refractivity contribution is 5.87. The van der Waals surface area contributed by atoms with Crippen molar-refractivity contribution in [2.24, 2.45) is 29.1 Å². The zero-order chi connectivity index (χ0) is 20.8. The number of carbonyl (C=O) groups is 2. The summed E-state index contributed by atoms with van der Waals surface area (Å²) in [6.07, 6.45) is 4.12. The van der Waals surface area contributed by atoms with E-state index < -0.39 is 11.8 Å². The minimum absolute atomic E-state index is 0.0557. The quantitative estimate of drug-likeness (QED) is 0.424. The number of hydrogen-bond acceptors (Lipinski definition) is 4. The Morgan fingerprint density at radius 3 is 1.55 bits per heavy atom. The van der Waals surface area contributed by atoms with Crippen LogP contribution in [0.5, 0.6) is 11.5 Å². The number of esters is 2. The molecule has 0 spiro atoms. The van der Waals surface area contributed by atoms with Gasteiger partial charge in [-0.25, -0.2) is 0 Å². The molecule has 2 aliphatic rings. The molecular weight excluding hydrogens is 364 g/mol. The molecule has 4 unspecified atom stereocenters. The van der Waals surface area contributed by atoms with Gasteiger partial charge in [-0.2, -0.15) is 0 Å². The van der Waals surface area contributed by atoms with Crippen LogP contribution >= 0.6 is 0 Å². The van der Waals surface area contributed by atoms with E-state index in [1.165, 1.54) is 0 Å². The number of aryl methyl sites for hydroxylation is 2. The average Bonchev–Trinajstić information content (AvgIpc) is 3.07. The van der Waals surface area contributed by atoms with Gasteiger partial charge in [0.1, 0.15) is 11.5 Å². The van der Waals surface area contributed by atoms with E-state index in [4.69, 9.17) is 9.47 Å². The summed E-state index contributed by atoms with van der Waals surface area (Å²) in [5, 5.41) is 0. The molecule has 4 nitrogen and oxygen atoms in total. The van der Waals surface area contributed by atoms with E-state index in [1.54, 1.807) is 12.1 Å². The van der Waals surface area contributed by atoms with Crippen LogP contribution in [0.1, 0.15) is 25.0 Å². The van der Waals surface area contributed by atoms with Gasteiger partial charge in [-0.1, -0.05) is 50.3 Å². The molecule has 0 aromatic heterocycles. The Morgan fingerprint density at radius 1 is 0.759 bits per heavy atom. The second-order valence-electron chi connectivity index (χ2n) is 8.78. The first kappa shape index (κ1) is 19.4. The molecule has 0 heterocycles. The molecule has 0 aliphatic heterocycles. The second-order valence-corrected chi connectivity index (χ2v) is 8.78. The summed E-state index contributed by atoms with van der Waals surface area (Å²) in [5.74, 6) is -0.954. The van der Waals surface area contributed by atoms with Crippen molar-refractivity contribution in [2.45, 2.75) is 27.7 Å². The SMILES string of the molecule is Cc1cccc(OC(=O)C2C(C(=O)Oc3cccc(C)c3)C3C=CC2C3(C)C)c1. The van der Waals surface area contributed by atoms with E-state index in [0.29, 0.717) is 11.5 Å². The lowest BCUT2D eigenvalue weighted by Crippen LogP contribution is -2.37. The third-order valence-corrected chi connectivity index (χ3v) is 6.36. The molecule has 1 saturated carbocycles. The van der Waals surface area contributed by atoms with Gasteiger partial charge in [-0.15, -0.1) is 0 Å². The van der Waals surface area contributed by atoms with E-state index in [1.807, 2.05) is 50.2 Å². The summed E-state index contributed by atoms with van der Waals surface area (Å²) >= 11 is 0. The lowest BCUT2D eigenvalue weighted by Gasteiger charge is -2.25. The van der Waals surface area contributed by atoms with Gasteiger partial charge in [0.2, 0.25) is 0 Å². The topological polar surface area (TPSA) is 52.6 Å². The van der Waals surface area contributed by atoms with Crippen molar-refractivity contribution in [3.05, 3.63) is 71.8 Å². The van der Waals surface area contributed by atoms with Crippen LogP contribution in [-0.4, -0.2) is 11.9 Å². The predicted octanol–water partition coefficient (Wildman–Crippen LogP) is 4.89. The maximum Gasteiger partial charge on any atom is 0.315 e. The average molecular weight is 390 g/mol. The molecule has 4 rings (SSSR count). The van der Waals surface area contributed by atoms with Crippen molar-refractivity contribution in [3.8, 4) is 11.5 Å². The molecule has 0 radical (unpaired) electrons. The van der Waals surface area contributed by atoms with Crippen molar-refractivity contribution in [1.29, 1.82) is 0 Å². The normalized spacial score (nSPS) is 26.3. The Kier molecular flexibility index (Phi) is 4.81. The van der Waals surface area contributed by atoms with Gasteiger partial charge in [-0.05, 0) is 66.5 Å². The highest BCUT2D eigenvalue weighted by Crippen LogP contribution is 2.60. The summed E-state index contributed by atoms with van der Waals surface area (Å²) in [6, 6.07) is 14.8. The van der Waals surface area contributed by atoms with Gasteiger partial charge in [0, 0.05) is 0 Å². The third-order valence-electron chi connectivity index (χ3n) is 6.36. The van der Waals surface area contributed by atoms with Crippen LogP contribution in [0.3, 0.4) is 0 Å². The smallest absolute Gasteiger partial charge is 0.315 e. The minimum Gasteiger partial charge on any atom is -0.426 e. The van der Waals surface area contributed by atoms with Crippen LogP contribution < -0.4 is 9.47 Å². The van der Waals surface area contributed by atoms with Crippen LogP contribution in [0.2, 0.25) is 0 Å². The minimum atomic E-state index is -0.558. The summed E-state index contributed by atoms with van der Waals surface area (Å²) in [4.78, 5) is 26.3. The van der Waals surface area contributed by atoms with Crippen LogP contribution in [0, 0.1) is 42.9 Å². The molecule has 4 heteroatoms. The van der Waals surface area contributed by atoms with Crippen LogP contribution in [0.4, 0.5) is 0 Å². The monoisotopic (exact) mass is 390 g/mol. The Balaban J connectivity index is 1.61. The molecule has 0 amide bonds. The highest BCUT2D eigenvalue weighted by Gasteiger charge is 2.62. The second kappa shape index (κ2) is 7.18. The summed E-state index contributed by atoms with van der Waals surface area (Å²) in [7, 11) is 0. The van der Waals surface area contributed by atoms with Gasteiger partial charge in [0.25, 0.3) is 0 Å². The van der Waals surface area contributed by atoms with E-state index in [-0.39, 0.29) is 29.2 Å². The molecule has 2 aromatic rings. The predicted molar refractivity (Wildman–Crippen MR) is 111 cm³/mol. The molecule has 0 N–H and O–H groups in total. The summed E-state index contributed by atoms with van der Waals surface area (Å²) in [6.45, 7) is 8.11. The van der Waals surface area contributed by atoms with Gasteiger partial charge >= 0.3 is 11.9 Å². The molecule has 29 heavy (non-hydrogen) atoms. The van der Waals surface area contributed by atoms with Crippen LogP contribution in [-0.2, 0) is 9.59 Å². The molecule has 4 atom stereocenters. The summed E-state index contributed by atoms with van der Waals surface area (Å²) < 4.78 is 11.4. The van der Waals surface area contributed by atoms with Gasteiger partial charge in [-0.3, -0.25) is 9.59 Å². The molecule has 2 aliphatic carbocycles. The van der Waals surface area contributed by atoms with Crippen LogP contribution in [0.25, 0.3) is 0 Å². The molecule has 0 saturated heterocycles. The van der Waals surface area contributed by atoms with Crippen molar-refractivity contribution < 1.29 is 19.1 Å². The largest absolute Gasteiger partial charge is 0.426 e. The van der Waals surface area contributed by atoms with Gasteiger partial charge < -0.3 is 9.47 Å². The fraction of sp³-hybridized carbons (Fsp3) is 0.360. The maximum absolute atomic E-state index is 13.2. The first-order chi connectivity index (χ1) is 13.8. The van der Waals surface area contributed by atoms with Crippen molar-refractivity contribution in [1.82, 2.24) is 0 Å². The first-order valence-electron chi connectivity index (χ1n) is 10.0. The number of rotatable bonds is 4. The van der Waals surface area contributed by atoms with Crippen molar-refractivity contribution >= 4 is 11.9 Å². The third kappa shape index (κ3) is 3.48. The number of ether oxygens (including phenoxy) is 2. The van der Waals surface area contributed by atoms with Gasteiger partial charge in [0.15, 0.2) is 0 Å². The highest BCUT2D eigenvalue weighted by atomic mass is 16.5. The van der Waals surface area contributed by atoms with Crippen molar-refractivity contribution in [2.75, 3.05) is 0 Å². The molecule has 150 valence electrons. The fourth-order valence-corrected chi connectivity index (χ4v) is 4.88. The van der Waals surface area contributed by atoms with Crippen LogP contribution in [0.15, 0.2) is 60.7 Å². The van der Waals surface area contributed by atoms with Crippen molar-refractivity contribution in [3.63, 3.8) is 0 Å². The Hall–Kier alpha value is -2.88. The number of carbonyl (C=O) groups excluding carboxylic acids is 2. The zero-order valence-electron chi connectivity index (χ0n) is 17.2. The molecule has 2 aromatic carbocycles. The number of benzene rings is 2. The van der Waals surface area contributed by atoms with E-state index in [9.17, 15) is 9.59 Å². The van der Waals surface area contributed by atoms with E-state index in [2.05, 4.69) is 26.0 Å². The lowest BCUT2D eigenvalue weighted by molar-refractivity contribution is -0.151. The first-order valence-corrected chi connectivity index (χ1v) is 10.0. The Labute approximate surface area is 171 Å². The zero-order valence-corrected chi connectivity index (χ0v) is 17.2. The van der Waals surface area contributed by atoms with E-state index in [0.717, 1.165) is 11.1 Å². The fourth-order valence-electron chi connectivity index (χ4n) is 4.88. The lowest BCUT2D eigenvalue weighted by atomic mass is 9.79. The number of fused-ring (bicyclic) bond motifs is 2. The standard InChI is InChI=1S/C25H26O4/c1-15-7-5-9-17(13-15)28-23(26)21-19-11-12-20(25(19,3)4)22(21)24(27)29-18-10-6-8-16(2)14-18/h5-14,19-22H,1-4H3. The molecule has 1 fully saturated rings. The maximum atomic E-state index is 13.2. The molecular formula is C25H26O4. The Bertz CT molecular complexity index is 910. The van der Waals surface area contributed by atoms with Gasteiger partial charge in [0.05, 0.1) is 11.8 Å². The summed E-state index contributed by atoms with van der Waals surface area (Å²) in [5.41, 5.74) is 1.82. The van der Waals surface area contributed by atoms with E-state index >= 15 is 0 Å². The number of hydrogen-bond donors (Lipinski definition) is 0. The number of allylic oxidation sites excluding steroid dienone is 2.